The van der Waals surface area contributed by atoms with E-state index in [1.165, 1.54) is 32.4 Å². The molecule has 0 atom stereocenters. The molecule has 3 N–H and O–H groups in total. The Morgan fingerprint density at radius 2 is 1.94 bits per heavy atom. The topological polar surface area (TPSA) is 104 Å². The first kappa shape index (κ1) is 21.1. The maximum atomic E-state index is 11.5. The standard InChI is InChI=1S/C23H29N5O3/c1-16-6-9-21(29)19(25-16)15-28-20-14-17(22(30)31)7-8-18(20)26-23(28)24-10-5-13-27-11-3-2-4-12-27/h6-9,14,29H,2-5,10-13,15H2,1H3,(H,24,26)(H,30,31). The van der Waals surface area contributed by atoms with Gasteiger partial charge in [-0.2, -0.15) is 0 Å². The number of carboxylic acid groups (broad SMARTS) is 1. The number of nitrogens with one attached hydrogen (secondary N) is 1. The minimum Gasteiger partial charge on any atom is -0.506 e. The second-order valence-corrected chi connectivity index (χ2v) is 8.13. The minimum absolute atomic E-state index is 0.109. The Balaban J connectivity index is 1.57. The first-order valence-corrected chi connectivity index (χ1v) is 10.9. The molecule has 1 aliphatic heterocycles. The Morgan fingerprint density at radius 3 is 2.71 bits per heavy atom. The molecular weight excluding hydrogens is 394 g/mol. The van der Waals surface area contributed by atoms with Gasteiger partial charge in [0.1, 0.15) is 11.4 Å². The number of carboxylic acids is 1. The summed E-state index contributed by atoms with van der Waals surface area (Å²) in [5.74, 6) is -0.223. The largest absolute Gasteiger partial charge is 0.506 e. The van der Waals surface area contributed by atoms with Crippen LogP contribution in [-0.4, -0.2) is 61.8 Å². The van der Waals surface area contributed by atoms with E-state index >= 15 is 0 Å². The first-order valence-electron chi connectivity index (χ1n) is 10.9. The Morgan fingerprint density at radius 1 is 1.13 bits per heavy atom. The quantitative estimate of drug-likeness (QED) is 0.477. The lowest BCUT2D eigenvalue weighted by Crippen LogP contribution is -2.31. The van der Waals surface area contributed by atoms with Crippen LogP contribution in [0.4, 0.5) is 5.95 Å². The lowest BCUT2D eigenvalue weighted by atomic mass is 10.1. The smallest absolute Gasteiger partial charge is 0.335 e. The molecule has 31 heavy (non-hydrogen) atoms. The van der Waals surface area contributed by atoms with Gasteiger partial charge >= 0.3 is 5.97 Å². The van der Waals surface area contributed by atoms with Crippen LogP contribution in [0.15, 0.2) is 30.3 Å². The van der Waals surface area contributed by atoms with E-state index < -0.39 is 5.97 Å². The number of aromatic hydroxyl groups is 1. The van der Waals surface area contributed by atoms with Gasteiger partial charge in [0.15, 0.2) is 0 Å². The number of aromatic nitrogens is 3. The van der Waals surface area contributed by atoms with Gasteiger partial charge in [-0.15, -0.1) is 0 Å². The van der Waals surface area contributed by atoms with Crippen molar-refractivity contribution in [1.29, 1.82) is 0 Å². The zero-order chi connectivity index (χ0) is 21.8. The molecule has 1 aliphatic rings. The third-order valence-electron chi connectivity index (χ3n) is 5.78. The number of likely N-dealkylation sites (tertiary alicyclic amines) is 1. The molecule has 0 amide bonds. The molecule has 1 fully saturated rings. The van der Waals surface area contributed by atoms with Gasteiger partial charge in [-0.05, 0) is 76.2 Å². The van der Waals surface area contributed by atoms with Crippen LogP contribution in [0, 0.1) is 6.92 Å². The maximum absolute atomic E-state index is 11.5. The van der Waals surface area contributed by atoms with Crippen LogP contribution in [0.3, 0.4) is 0 Å². The summed E-state index contributed by atoms with van der Waals surface area (Å²) in [4.78, 5) is 23.1. The van der Waals surface area contributed by atoms with E-state index in [1.54, 1.807) is 30.3 Å². The van der Waals surface area contributed by atoms with E-state index in [-0.39, 0.29) is 11.3 Å². The summed E-state index contributed by atoms with van der Waals surface area (Å²) in [5.41, 5.74) is 2.93. The number of anilines is 1. The SMILES string of the molecule is Cc1ccc(O)c(Cn2c(NCCCN3CCCCC3)nc3ccc(C(=O)O)cc32)n1. The highest BCUT2D eigenvalue weighted by atomic mass is 16.4. The number of hydrogen-bond acceptors (Lipinski definition) is 6. The van der Waals surface area contributed by atoms with Crippen molar-refractivity contribution in [3.8, 4) is 5.75 Å². The highest BCUT2D eigenvalue weighted by Gasteiger charge is 2.16. The summed E-state index contributed by atoms with van der Waals surface area (Å²) in [7, 11) is 0. The molecule has 0 bridgehead atoms. The number of rotatable bonds is 8. The Labute approximate surface area is 181 Å². The van der Waals surface area contributed by atoms with E-state index in [1.807, 2.05) is 11.5 Å². The average molecular weight is 424 g/mol. The molecule has 3 heterocycles. The van der Waals surface area contributed by atoms with E-state index in [0.29, 0.717) is 29.2 Å². The minimum atomic E-state index is -0.984. The van der Waals surface area contributed by atoms with E-state index in [4.69, 9.17) is 0 Å². The number of hydrogen-bond donors (Lipinski definition) is 3. The van der Waals surface area contributed by atoms with Crippen molar-refractivity contribution < 1.29 is 15.0 Å². The number of aromatic carboxylic acids is 1. The number of piperidine rings is 1. The van der Waals surface area contributed by atoms with Crippen molar-refractivity contribution in [3.05, 3.63) is 47.3 Å². The van der Waals surface area contributed by atoms with Gasteiger partial charge in [0.2, 0.25) is 5.95 Å². The van der Waals surface area contributed by atoms with E-state index in [9.17, 15) is 15.0 Å². The van der Waals surface area contributed by atoms with Gasteiger partial charge in [-0.1, -0.05) is 6.42 Å². The predicted octanol–water partition coefficient (Wildman–Crippen LogP) is 3.48. The highest BCUT2D eigenvalue weighted by Crippen LogP contribution is 2.25. The van der Waals surface area contributed by atoms with Gasteiger partial charge in [-0.25, -0.2) is 9.78 Å². The molecule has 1 aromatic carbocycles. The number of pyridine rings is 1. The van der Waals surface area contributed by atoms with E-state index in [0.717, 1.165) is 25.2 Å². The molecule has 3 aromatic rings. The predicted molar refractivity (Wildman–Crippen MR) is 120 cm³/mol. The maximum Gasteiger partial charge on any atom is 0.335 e. The number of imidazole rings is 1. The van der Waals surface area contributed by atoms with Gasteiger partial charge < -0.3 is 25.0 Å². The second-order valence-electron chi connectivity index (χ2n) is 8.13. The zero-order valence-corrected chi connectivity index (χ0v) is 17.8. The van der Waals surface area contributed by atoms with Gasteiger partial charge in [0.25, 0.3) is 0 Å². The lowest BCUT2D eigenvalue weighted by molar-refractivity contribution is 0.0697. The van der Waals surface area contributed by atoms with Gasteiger partial charge in [0.05, 0.1) is 23.1 Å². The van der Waals surface area contributed by atoms with Crippen LogP contribution in [0.2, 0.25) is 0 Å². The Kier molecular flexibility index (Phi) is 6.36. The molecule has 2 aromatic heterocycles. The van der Waals surface area contributed by atoms with Crippen LogP contribution in [0.25, 0.3) is 11.0 Å². The van der Waals surface area contributed by atoms with E-state index in [2.05, 4.69) is 20.2 Å². The van der Waals surface area contributed by atoms with Crippen LogP contribution in [-0.2, 0) is 6.54 Å². The normalized spacial score (nSPS) is 14.7. The molecule has 0 radical (unpaired) electrons. The number of carbonyl (C=O) groups is 1. The van der Waals surface area contributed by atoms with Crippen LogP contribution in [0.1, 0.15) is 47.4 Å². The van der Waals surface area contributed by atoms with Crippen molar-refractivity contribution in [2.75, 3.05) is 31.5 Å². The first-order chi connectivity index (χ1) is 15.0. The Bertz CT molecular complexity index is 1070. The summed E-state index contributed by atoms with van der Waals surface area (Å²) in [6.45, 7) is 6.33. The molecule has 164 valence electrons. The van der Waals surface area contributed by atoms with Crippen LogP contribution in [0.5, 0.6) is 5.75 Å². The van der Waals surface area contributed by atoms with Crippen LogP contribution < -0.4 is 5.32 Å². The molecular formula is C23H29N5O3. The summed E-state index contributed by atoms with van der Waals surface area (Å²) >= 11 is 0. The fourth-order valence-corrected chi connectivity index (χ4v) is 4.11. The third-order valence-corrected chi connectivity index (χ3v) is 5.78. The number of fused-ring (bicyclic) bond motifs is 1. The molecule has 4 rings (SSSR count). The van der Waals surface area contributed by atoms with Gasteiger partial charge in [-0.3, -0.25) is 4.98 Å². The van der Waals surface area contributed by atoms with Crippen molar-refractivity contribution in [3.63, 3.8) is 0 Å². The van der Waals surface area contributed by atoms with Crippen molar-refractivity contribution in [1.82, 2.24) is 19.4 Å². The monoisotopic (exact) mass is 423 g/mol. The van der Waals surface area contributed by atoms with Gasteiger partial charge in [0, 0.05) is 12.2 Å². The number of aryl methyl sites for hydroxylation is 1. The van der Waals surface area contributed by atoms with Crippen molar-refractivity contribution >= 4 is 23.0 Å². The summed E-state index contributed by atoms with van der Waals surface area (Å²) < 4.78 is 1.89. The summed E-state index contributed by atoms with van der Waals surface area (Å²) in [6.07, 6.45) is 4.89. The molecule has 0 saturated carbocycles. The number of benzene rings is 1. The molecule has 1 saturated heterocycles. The van der Waals surface area contributed by atoms with Crippen molar-refractivity contribution in [2.24, 2.45) is 0 Å². The molecule has 8 nitrogen and oxygen atoms in total. The fourth-order valence-electron chi connectivity index (χ4n) is 4.11. The second kappa shape index (κ2) is 9.34. The lowest BCUT2D eigenvalue weighted by Gasteiger charge is -2.26. The third kappa shape index (κ3) is 4.96. The molecule has 8 heteroatoms. The fraction of sp³-hybridized carbons (Fsp3) is 0.435. The zero-order valence-electron chi connectivity index (χ0n) is 17.8. The van der Waals surface area contributed by atoms with Crippen LogP contribution >= 0.6 is 0 Å². The van der Waals surface area contributed by atoms with Crippen molar-refractivity contribution in [2.45, 2.75) is 39.2 Å². The number of nitrogens with zero attached hydrogens (tertiary/aromatic N) is 4. The average Bonchev–Trinajstić information content (AvgIpc) is 3.11. The molecule has 0 unspecified atom stereocenters. The Hall–Kier alpha value is -3.13. The summed E-state index contributed by atoms with van der Waals surface area (Å²) in [6, 6.07) is 8.29. The molecule has 0 aliphatic carbocycles. The molecule has 0 spiro atoms. The summed E-state index contributed by atoms with van der Waals surface area (Å²) in [5, 5.41) is 23.1. The highest BCUT2D eigenvalue weighted by molar-refractivity contribution is 5.93.